The van der Waals surface area contributed by atoms with Crippen LogP contribution in [0, 0.1) is 10.1 Å². The molecule has 3 rings (SSSR count). The average molecular weight is 431 g/mol. The second kappa shape index (κ2) is 7.58. The van der Waals surface area contributed by atoms with Crippen LogP contribution in [0.5, 0.6) is 0 Å². The number of rotatable bonds is 4. The summed E-state index contributed by atoms with van der Waals surface area (Å²) in [4.78, 5) is 35.2. The van der Waals surface area contributed by atoms with Crippen LogP contribution >= 0.6 is 15.9 Å². The molecular weight excluding hydrogens is 416 g/mol. The molecule has 0 radical (unpaired) electrons. The van der Waals surface area contributed by atoms with E-state index in [1.807, 2.05) is 12.1 Å². The Morgan fingerprint density at radius 1 is 1.22 bits per heavy atom. The lowest BCUT2D eigenvalue weighted by Crippen LogP contribution is -2.45. The van der Waals surface area contributed by atoms with Crippen molar-refractivity contribution in [3.63, 3.8) is 0 Å². The Kier molecular flexibility index (Phi) is 5.22. The molecule has 1 atom stereocenters. The van der Waals surface area contributed by atoms with Crippen molar-refractivity contribution in [2.24, 2.45) is 0 Å². The standard InChI is InChI=1S/C18H15BrN4O4/c1-10-15(17(24)21-13-6-3-7-14(9-13)23(26)27)16(22-18(25)20-10)11-4-2-5-12(19)8-11/h2-9,16H,1H3,(H,21,24)(H2,20,22,25)/t16-/m1/s1. The number of nitrogens with zero attached hydrogens (tertiary/aromatic N) is 1. The number of benzene rings is 2. The Bertz CT molecular complexity index is 973. The van der Waals surface area contributed by atoms with Crippen LogP contribution in [0.1, 0.15) is 18.5 Å². The molecule has 27 heavy (non-hydrogen) atoms. The lowest BCUT2D eigenvalue weighted by atomic mass is 9.95. The molecule has 138 valence electrons. The molecule has 0 saturated carbocycles. The number of non-ortho nitro benzene ring substituents is 1. The van der Waals surface area contributed by atoms with Crippen LogP contribution in [0.4, 0.5) is 16.2 Å². The summed E-state index contributed by atoms with van der Waals surface area (Å²) >= 11 is 3.38. The highest BCUT2D eigenvalue weighted by molar-refractivity contribution is 9.10. The number of carbonyl (C=O) groups is 2. The van der Waals surface area contributed by atoms with Crippen LogP contribution in [0.3, 0.4) is 0 Å². The third kappa shape index (κ3) is 4.14. The quantitative estimate of drug-likeness (QED) is 0.507. The van der Waals surface area contributed by atoms with Gasteiger partial charge in [0.25, 0.3) is 11.6 Å². The SMILES string of the molecule is CC1=C(C(=O)Nc2cccc([N+](=O)[O-])c2)[C@@H](c2cccc(Br)c2)NC(=O)N1. The van der Waals surface area contributed by atoms with Gasteiger partial charge in [-0.15, -0.1) is 0 Å². The van der Waals surface area contributed by atoms with Crippen molar-refractivity contribution in [2.45, 2.75) is 13.0 Å². The topological polar surface area (TPSA) is 113 Å². The summed E-state index contributed by atoms with van der Waals surface area (Å²) in [6.07, 6.45) is 0. The van der Waals surface area contributed by atoms with Gasteiger partial charge >= 0.3 is 6.03 Å². The lowest BCUT2D eigenvalue weighted by molar-refractivity contribution is -0.384. The van der Waals surface area contributed by atoms with E-state index in [-0.39, 0.29) is 5.69 Å². The van der Waals surface area contributed by atoms with Crippen molar-refractivity contribution in [3.8, 4) is 0 Å². The first-order valence-electron chi connectivity index (χ1n) is 7.94. The zero-order chi connectivity index (χ0) is 19.6. The summed E-state index contributed by atoms with van der Waals surface area (Å²) in [5.74, 6) is -0.467. The monoisotopic (exact) mass is 430 g/mol. The zero-order valence-corrected chi connectivity index (χ0v) is 15.7. The number of carbonyl (C=O) groups excluding carboxylic acids is 2. The van der Waals surface area contributed by atoms with Gasteiger partial charge in [-0.1, -0.05) is 34.1 Å². The molecule has 3 amide bonds. The number of allylic oxidation sites excluding steroid dienone is 1. The molecule has 1 aliphatic heterocycles. The third-order valence-corrected chi connectivity index (χ3v) is 4.50. The number of nitrogens with one attached hydrogen (secondary N) is 3. The van der Waals surface area contributed by atoms with Gasteiger partial charge in [0.1, 0.15) is 0 Å². The van der Waals surface area contributed by atoms with Gasteiger partial charge in [-0.25, -0.2) is 4.79 Å². The Hall–Kier alpha value is -3.20. The van der Waals surface area contributed by atoms with E-state index >= 15 is 0 Å². The highest BCUT2D eigenvalue weighted by Gasteiger charge is 2.31. The molecule has 0 bridgehead atoms. The molecule has 0 aromatic heterocycles. The van der Waals surface area contributed by atoms with E-state index in [1.165, 1.54) is 18.2 Å². The van der Waals surface area contributed by atoms with Crippen LogP contribution in [-0.2, 0) is 4.79 Å². The van der Waals surface area contributed by atoms with Crippen LogP contribution in [0.15, 0.2) is 64.3 Å². The van der Waals surface area contributed by atoms with Crippen molar-refractivity contribution >= 4 is 39.2 Å². The summed E-state index contributed by atoms with van der Waals surface area (Å²) in [5, 5.41) is 18.9. The molecular formula is C18H15BrN4O4. The number of hydrogen-bond donors (Lipinski definition) is 3. The fraction of sp³-hybridized carbons (Fsp3) is 0.111. The molecule has 1 heterocycles. The number of nitro benzene ring substituents is 1. The first-order chi connectivity index (χ1) is 12.8. The van der Waals surface area contributed by atoms with Crippen LogP contribution in [-0.4, -0.2) is 16.9 Å². The Labute approximate surface area is 162 Å². The van der Waals surface area contributed by atoms with Gasteiger partial charge in [0.2, 0.25) is 0 Å². The molecule has 2 aromatic carbocycles. The zero-order valence-electron chi connectivity index (χ0n) is 14.2. The number of halogens is 1. The number of nitro groups is 1. The number of hydrogen-bond acceptors (Lipinski definition) is 4. The van der Waals surface area contributed by atoms with E-state index < -0.39 is 22.9 Å². The molecule has 0 saturated heterocycles. The summed E-state index contributed by atoms with van der Waals surface area (Å²) in [5.41, 5.74) is 1.62. The van der Waals surface area contributed by atoms with Gasteiger partial charge in [0.05, 0.1) is 16.5 Å². The average Bonchev–Trinajstić information content (AvgIpc) is 2.61. The van der Waals surface area contributed by atoms with Gasteiger partial charge in [-0.05, 0) is 30.7 Å². The smallest absolute Gasteiger partial charge is 0.319 e. The fourth-order valence-electron chi connectivity index (χ4n) is 2.83. The number of amides is 3. The van der Waals surface area contributed by atoms with Crippen molar-refractivity contribution in [1.29, 1.82) is 0 Å². The Morgan fingerprint density at radius 2 is 1.96 bits per heavy atom. The molecule has 0 aliphatic carbocycles. The maximum absolute atomic E-state index is 12.9. The van der Waals surface area contributed by atoms with Gasteiger partial charge in [0.15, 0.2) is 0 Å². The summed E-state index contributed by atoms with van der Waals surface area (Å²) in [6, 6.07) is 11.8. The van der Waals surface area contributed by atoms with Gasteiger partial charge in [-0.2, -0.15) is 0 Å². The Balaban J connectivity index is 1.94. The first-order valence-corrected chi connectivity index (χ1v) is 8.74. The van der Waals surface area contributed by atoms with E-state index in [0.717, 1.165) is 10.0 Å². The summed E-state index contributed by atoms with van der Waals surface area (Å²) < 4.78 is 0.809. The second-order valence-corrected chi connectivity index (χ2v) is 6.80. The van der Waals surface area contributed by atoms with Crippen LogP contribution in [0.25, 0.3) is 0 Å². The molecule has 3 N–H and O–H groups in total. The van der Waals surface area contributed by atoms with Gasteiger partial charge in [0, 0.05) is 28.0 Å². The van der Waals surface area contributed by atoms with E-state index in [0.29, 0.717) is 17.0 Å². The van der Waals surface area contributed by atoms with Crippen molar-refractivity contribution in [3.05, 3.63) is 80.0 Å². The second-order valence-electron chi connectivity index (χ2n) is 5.89. The normalized spacial score (nSPS) is 16.4. The molecule has 1 aliphatic rings. The predicted octanol–water partition coefficient (Wildman–Crippen LogP) is 3.62. The van der Waals surface area contributed by atoms with Crippen molar-refractivity contribution in [1.82, 2.24) is 10.6 Å². The van der Waals surface area contributed by atoms with Gasteiger partial charge < -0.3 is 16.0 Å². The maximum atomic E-state index is 12.9. The first kappa shape index (κ1) is 18.6. The van der Waals surface area contributed by atoms with Crippen molar-refractivity contribution < 1.29 is 14.5 Å². The molecule has 9 heteroatoms. The summed E-state index contributed by atoms with van der Waals surface area (Å²) in [6.45, 7) is 1.63. The Morgan fingerprint density at radius 3 is 2.67 bits per heavy atom. The molecule has 0 spiro atoms. The molecule has 0 unspecified atom stereocenters. The highest BCUT2D eigenvalue weighted by atomic mass is 79.9. The molecule has 0 fully saturated rings. The fourth-order valence-corrected chi connectivity index (χ4v) is 3.24. The number of urea groups is 1. The summed E-state index contributed by atoms with van der Waals surface area (Å²) in [7, 11) is 0. The largest absolute Gasteiger partial charge is 0.327 e. The minimum Gasteiger partial charge on any atom is -0.327 e. The lowest BCUT2D eigenvalue weighted by Gasteiger charge is -2.28. The minimum atomic E-state index is -0.657. The third-order valence-electron chi connectivity index (χ3n) is 4.01. The van der Waals surface area contributed by atoms with Crippen LogP contribution in [0.2, 0.25) is 0 Å². The molecule has 8 nitrogen and oxygen atoms in total. The maximum Gasteiger partial charge on any atom is 0.319 e. The predicted molar refractivity (Wildman–Crippen MR) is 103 cm³/mol. The van der Waals surface area contributed by atoms with E-state index in [1.54, 1.807) is 25.1 Å². The highest BCUT2D eigenvalue weighted by Crippen LogP contribution is 2.29. The molecule has 2 aromatic rings. The minimum absolute atomic E-state index is 0.128. The van der Waals surface area contributed by atoms with Crippen molar-refractivity contribution in [2.75, 3.05) is 5.32 Å². The van der Waals surface area contributed by atoms with E-state index in [9.17, 15) is 19.7 Å². The van der Waals surface area contributed by atoms with Crippen LogP contribution < -0.4 is 16.0 Å². The van der Waals surface area contributed by atoms with E-state index in [4.69, 9.17) is 0 Å². The number of anilines is 1. The van der Waals surface area contributed by atoms with Gasteiger partial charge in [-0.3, -0.25) is 14.9 Å². The van der Waals surface area contributed by atoms with E-state index in [2.05, 4.69) is 31.9 Å².